The highest BCUT2D eigenvalue weighted by molar-refractivity contribution is 7.12. The molecule has 0 aliphatic carbocycles. The van der Waals surface area contributed by atoms with Gasteiger partial charge in [0.25, 0.3) is 0 Å². The van der Waals surface area contributed by atoms with Crippen LogP contribution in [0.1, 0.15) is 29.1 Å². The van der Waals surface area contributed by atoms with E-state index in [0.717, 1.165) is 21.9 Å². The number of carbonyl (C=O) groups is 1. The van der Waals surface area contributed by atoms with Crippen LogP contribution in [-0.2, 0) is 0 Å². The van der Waals surface area contributed by atoms with E-state index in [-0.39, 0.29) is 5.78 Å². The third kappa shape index (κ3) is 4.20. The summed E-state index contributed by atoms with van der Waals surface area (Å²) in [4.78, 5) is 12.7. The van der Waals surface area contributed by atoms with Crippen molar-refractivity contribution in [3.8, 4) is 11.5 Å². The van der Waals surface area contributed by atoms with E-state index in [0.29, 0.717) is 13.2 Å². The monoisotopic (exact) mass is 302 g/mol. The highest BCUT2D eigenvalue weighted by Crippen LogP contribution is 2.26. The fourth-order valence-corrected chi connectivity index (χ4v) is 2.51. The van der Waals surface area contributed by atoms with Crippen molar-refractivity contribution in [2.45, 2.75) is 13.8 Å². The van der Waals surface area contributed by atoms with Gasteiger partial charge in [-0.1, -0.05) is 6.07 Å². The molecule has 1 aromatic heterocycles. The minimum atomic E-state index is -0.00531. The number of allylic oxidation sites excluding steroid dienone is 1. The molecule has 0 radical (unpaired) electrons. The normalized spacial score (nSPS) is 10.8. The third-order valence-corrected chi connectivity index (χ3v) is 3.65. The Morgan fingerprint density at radius 3 is 2.67 bits per heavy atom. The van der Waals surface area contributed by atoms with E-state index >= 15 is 0 Å². The van der Waals surface area contributed by atoms with Gasteiger partial charge in [0.2, 0.25) is 0 Å². The molecule has 0 saturated carbocycles. The zero-order chi connectivity index (χ0) is 15.1. The van der Waals surface area contributed by atoms with E-state index in [4.69, 9.17) is 9.47 Å². The molecule has 2 rings (SSSR count). The van der Waals surface area contributed by atoms with Gasteiger partial charge in [0.15, 0.2) is 5.78 Å². The smallest absolute Gasteiger partial charge is 0.195 e. The van der Waals surface area contributed by atoms with Crippen LogP contribution in [0.3, 0.4) is 0 Å². The van der Waals surface area contributed by atoms with Gasteiger partial charge in [0.1, 0.15) is 11.5 Å². The number of hydrogen-bond donors (Lipinski definition) is 0. The Balaban J connectivity index is 2.23. The first-order chi connectivity index (χ1) is 10.2. The standard InChI is InChI=1S/C17H18O3S/c1-3-19-14-8-10-16(20-4-2)13(12-14)7-9-15(18)17-6-5-11-21-17/h5-12H,3-4H2,1-2H3/b9-7+. The lowest BCUT2D eigenvalue weighted by atomic mass is 10.1. The molecule has 0 aliphatic rings. The molecule has 0 atom stereocenters. The largest absolute Gasteiger partial charge is 0.494 e. The Bertz CT molecular complexity index is 615. The third-order valence-electron chi connectivity index (χ3n) is 2.77. The van der Waals surface area contributed by atoms with Gasteiger partial charge < -0.3 is 9.47 Å². The van der Waals surface area contributed by atoms with E-state index < -0.39 is 0 Å². The lowest BCUT2D eigenvalue weighted by Gasteiger charge is -2.09. The number of ether oxygens (including phenoxy) is 2. The Labute approximate surface area is 128 Å². The number of ketones is 1. The summed E-state index contributed by atoms with van der Waals surface area (Å²) < 4.78 is 11.1. The summed E-state index contributed by atoms with van der Waals surface area (Å²) in [5, 5.41) is 1.89. The minimum absolute atomic E-state index is 0.00531. The molecule has 1 heterocycles. The van der Waals surface area contributed by atoms with Crippen molar-refractivity contribution in [3.63, 3.8) is 0 Å². The number of benzene rings is 1. The van der Waals surface area contributed by atoms with E-state index in [2.05, 4.69) is 0 Å². The average Bonchev–Trinajstić information content (AvgIpc) is 3.02. The van der Waals surface area contributed by atoms with Gasteiger partial charge >= 0.3 is 0 Å². The Morgan fingerprint density at radius 2 is 2.00 bits per heavy atom. The molecular formula is C17H18O3S. The zero-order valence-electron chi connectivity index (χ0n) is 12.2. The molecule has 0 fully saturated rings. The van der Waals surface area contributed by atoms with Crippen LogP contribution in [0.15, 0.2) is 41.8 Å². The average molecular weight is 302 g/mol. The number of carbonyl (C=O) groups excluding carboxylic acids is 1. The summed E-state index contributed by atoms with van der Waals surface area (Å²) in [6.45, 7) is 5.05. The van der Waals surface area contributed by atoms with Gasteiger partial charge in [0, 0.05) is 5.56 Å². The van der Waals surface area contributed by atoms with Gasteiger partial charge in [0.05, 0.1) is 18.1 Å². The quantitative estimate of drug-likeness (QED) is 0.560. The first-order valence-electron chi connectivity index (χ1n) is 6.90. The molecule has 21 heavy (non-hydrogen) atoms. The Kier molecular flexibility index (Phi) is 5.58. The minimum Gasteiger partial charge on any atom is -0.494 e. The molecule has 0 bridgehead atoms. The van der Waals surface area contributed by atoms with Crippen LogP contribution in [0.2, 0.25) is 0 Å². The Morgan fingerprint density at radius 1 is 1.19 bits per heavy atom. The molecule has 4 heteroatoms. The van der Waals surface area contributed by atoms with Crippen molar-refractivity contribution in [3.05, 3.63) is 52.2 Å². The molecule has 0 N–H and O–H groups in total. The SMILES string of the molecule is CCOc1ccc(OCC)c(/C=C/C(=O)c2cccs2)c1. The Hall–Kier alpha value is -2.07. The van der Waals surface area contributed by atoms with Crippen LogP contribution >= 0.6 is 11.3 Å². The molecular weight excluding hydrogens is 284 g/mol. The number of rotatable bonds is 7. The van der Waals surface area contributed by atoms with Crippen molar-refractivity contribution in [2.75, 3.05) is 13.2 Å². The summed E-state index contributed by atoms with van der Waals surface area (Å²) in [7, 11) is 0. The fraction of sp³-hybridized carbons (Fsp3) is 0.235. The first kappa shape index (κ1) is 15.3. The predicted octanol–water partition coefficient (Wildman–Crippen LogP) is 4.44. The van der Waals surface area contributed by atoms with Crippen LogP contribution in [0.4, 0.5) is 0 Å². The van der Waals surface area contributed by atoms with E-state index in [1.165, 1.54) is 11.3 Å². The molecule has 0 saturated heterocycles. The molecule has 0 unspecified atom stereocenters. The fourth-order valence-electron chi connectivity index (χ4n) is 1.87. The first-order valence-corrected chi connectivity index (χ1v) is 7.78. The highest BCUT2D eigenvalue weighted by atomic mass is 32.1. The van der Waals surface area contributed by atoms with Crippen LogP contribution in [0.5, 0.6) is 11.5 Å². The van der Waals surface area contributed by atoms with E-state index in [1.807, 2.05) is 49.6 Å². The second-order valence-electron chi connectivity index (χ2n) is 4.24. The molecule has 0 aliphatic heterocycles. The second-order valence-corrected chi connectivity index (χ2v) is 5.19. The summed E-state index contributed by atoms with van der Waals surface area (Å²) in [5.41, 5.74) is 0.840. The van der Waals surface area contributed by atoms with E-state index in [9.17, 15) is 4.79 Å². The van der Waals surface area contributed by atoms with Crippen molar-refractivity contribution in [1.29, 1.82) is 0 Å². The van der Waals surface area contributed by atoms with Crippen LogP contribution in [0, 0.1) is 0 Å². The van der Waals surface area contributed by atoms with Gasteiger partial charge in [-0.05, 0) is 55.6 Å². The van der Waals surface area contributed by atoms with Crippen molar-refractivity contribution >= 4 is 23.2 Å². The summed E-state index contributed by atoms with van der Waals surface area (Å²) in [6, 6.07) is 9.30. The summed E-state index contributed by atoms with van der Waals surface area (Å²) in [6.07, 6.45) is 3.34. The van der Waals surface area contributed by atoms with Crippen LogP contribution in [0.25, 0.3) is 6.08 Å². The maximum Gasteiger partial charge on any atom is 0.195 e. The molecule has 0 amide bonds. The summed E-state index contributed by atoms with van der Waals surface area (Å²) in [5.74, 6) is 1.51. The van der Waals surface area contributed by atoms with Gasteiger partial charge in [-0.15, -0.1) is 11.3 Å². The molecule has 0 spiro atoms. The second kappa shape index (κ2) is 7.64. The topological polar surface area (TPSA) is 35.5 Å². The highest BCUT2D eigenvalue weighted by Gasteiger charge is 2.06. The maximum absolute atomic E-state index is 12.0. The molecule has 1 aromatic carbocycles. The zero-order valence-corrected chi connectivity index (χ0v) is 13.0. The lowest BCUT2D eigenvalue weighted by molar-refractivity contribution is 0.105. The van der Waals surface area contributed by atoms with Crippen LogP contribution < -0.4 is 9.47 Å². The van der Waals surface area contributed by atoms with Crippen LogP contribution in [-0.4, -0.2) is 19.0 Å². The maximum atomic E-state index is 12.0. The molecule has 110 valence electrons. The predicted molar refractivity (Wildman–Crippen MR) is 86.5 cm³/mol. The van der Waals surface area contributed by atoms with Gasteiger partial charge in [-0.2, -0.15) is 0 Å². The molecule has 2 aromatic rings. The van der Waals surface area contributed by atoms with Crippen molar-refractivity contribution in [1.82, 2.24) is 0 Å². The summed E-state index contributed by atoms with van der Waals surface area (Å²) >= 11 is 1.44. The molecule has 3 nitrogen and oxygen atoms in total. The number of thiophene rings is 1. The van der Waals surface area contributed by atoms with Crippen molar-refractivity contribution in [2.24, 2.45) is 0 Å². The number of hydrogen-bond acceptors (Lipinski definition) is 4. The van der Waals surface area contributed by atoms with Gasteiger partial charge in [-0.3, -0.25) is 4.79 Å². The van der Waals surface area contributed by atoms with Crippen molar-refractivity contribution < 1.29 is 14.3 Å². The lowest BCUT2D eigenvalue weighted by Crippen LogP contribution is -1.97. The van der Waals surface area contributed by atoms with Gasteiger partial charge in [-0.25, -0.2) is 0 Å². The van der Waals surface area contributed by atoms with E-state index in [1.54, 1.807) is 12.2 Å².